The third kappa shape index (κ3) is 4.06. The number of nitrogens with one attached hydrogen (secondary N) is 1. The van der Waals surface area contributed by atoms with Gasteiger partial charge < -0.3 is 13.9 Å². The first-order valence-corrected chi connectivity index (χ1v) is 9.60. The molecule has 1 N–H and O–H groups in total. The number of carbonyl (C=O) groups excluding carboxylic acids is 1. The molecule has 8 heteroatoms. The first-order valence-electron chi connectivity index (χ1n) is 8.37. The lowest BCUT2D eigenvalue weighted by Gasteiger charge is -2.18. The van der Waals surface area contributed by atoms with Gasteiger partial charge in [-0.1, -0.05) is 11.2 Å². The molecule has 0 aliphatic carbocycles. The summed E-state index contributed by atoms with van der Waals surface area (Å²) in [5, 5.41) is 10.5. The van der Waals surface area contributed by atoms with Crippen molar-refractivity contribution in [2.24, 2.45) is 0 Å². The molecular weight excluding hydrogens is 366 g/mol. The zero-order valence-corrected chi connectivity index (χ0v) is 15.4. The van der Waals surface area contributed by atoms with E-state index in [2.05, 4.69) is 15.5 Å². The summed E-state index contributed by atoms with van der Waals surface area (Å²) in [4.78, 5) is 13.4. The van der Waals surface area contributed by atoms with Crippen LogP contribution in [0.5, 0.6) is 11.5 Å². The monoisotopic (exact) mass is 383 g/mol. The lowest BCUT2D eigenvalue weighted by Crippen LogP contribution is -2.15. The lowest BCUT2D eigenvalue weighted by atomic mass is 10.1. The van der Waals surface area contributed by atoms with Crippen LogP contribution in [0.1, 0.15) is 21.8 Å². The normalized spacial score (nSPS) is 12.6. The van der Waals surface area contributed by atoms with E-state index in [0.29, 0.717) is 36.8 Å². The predicted molar refractivity (Wildman–Crippen MR) is 101 cm³/mol. The van der Waals surface area contributed by atoms with E-state index in [1.54, 1.807) is 23.9 Å². The average Bonchev–Trinajstić information content (AvgIpc) is 3.14. The van der Waals surface area contributed by atoms with Crippen molar-refractivity contribution in [3.63, 3.8) is 0 Å². The van der Waals surface area contributed by atoms with Gasteiger partial charge in [0.05, 0.1) is 6.42 Å². The molecule has 138 valence electrons. The highest BCUT2D eigenvalue weighted by molar-refractivity contribution is 7.98. The van der Waals surface area contributed by atoms with E-state index < -0.39 is 0 Å². The Morgan fingerprint density at radius 1 is 1.07 bits per heavy atom. The Kier molecular flexibility index (Phi) is 4.97. The fraction of sp³-hybridized carbons (Fsp3) is 0.211. The standard InChI is InChI=1S/C19H17N3O4S/c1-27-14-5-3-13(4-6-14)18(23)20-19-22-21-17(26-19)11-12-2-7-15-16(10-12)25-9-8-24-15/h2-7,10H,8-9,11H2,1H3,(H,20,22,23). The van der Waals surface area contributed by atoms with Crippen LogP contribution in [0.3, 0.4) is 0 Å². The quantitative estimate of drug-likeness (QED) is 0.676. The van der Waals surface area contributed by atoms with Crippen molar-refractivity contribution < 1.29 is 18.7 Å². The van der Waals surface area contributed by atoms with Crippen LogP contribution in [-0.4, -0.2) is 35.6 Å². The maximum atomic E-state index is 12.3. The molecule has 7 nitrogen and oxygen atoms in total. The van der Waals surface area contributed by atoms with Crippen LogP contribution >= 0.6 is 11.8 Å². The summed E-state index contributed by atoms with van der Waals surface area (Å²) in [5.74, 6) is 1.55. The molecule has 1 amide bonds. The molecule has 27 heavy (non-hydrogen) atoms. The molecule has 3 aromatic rings. The van der Waals surface area contributed by atoms with E-state index in [1.165, 1.54) is 0 Å². The van der Waals surface area contributed by atoms with Crippen LogP contribution in [0.15, 0.2) is 51.8 Å². The van der Waals surface area contributed by atoms with E-state index in [4.69, 9.17) is 13.9 Å². The van der Waals surface area contributed by atoms with Gasteiger partial charge in [-0.3, -0.25) is 10.1 Å². The van der Waals surface area contributed by atoms with Crippen LogP contribution in [0.2, 0.25) is 0 Å². The molecule has 0 radical (unpaired) electrons. The van der Waals surface area contributed by atoms with Gasteiger partial charge in [0.2, 0.25) is 5.89 Å². The van der Waals surface area contributed by atoms with Gasteiger partial charge in [-0.15, -0.1) is 16.9 Å². The van der Waals surface area contributed by atoms with Crippen LogP contribution < -0.4 is 14.8 Å². The molecule has 0 saturated carbocycles. The van der Waals surface area contributed by atoms with E-state index in [-0.39, 0.29) is 11.9 Å². The number of carbonyl (C=O) groups is 1. The molecule has 1 aromatic heterocycles. The van der Waals surface area contributed by atoms with Crippen molar-refractivity contribution >= 4 is 23.7 Å². The summed E-state index contributed by atoms with van der Waals surface area (Å²) in [7, 11) is 0. The Morgan fingerprint density at radius 2 is 1.85 bits per heavy atom. The number of hydrogen-bond donors (Lipinski definition) is 1. The summed E-state index contributed by atoms with van der Waals surface area (Å²) in [6.45, 7) is 1.09. The Labute approximate surface area is 160 Å². The van der Waals surface area contributed by atoms with Crippen molar-refractivity contribution in [3.05, 3.63) is 59.5 Å². The maximum absolute atomic E-state index is 12.3. The first kappa shape index (κ1) is 17.4. The van der Waals surface area contributed by atoms with Crippen molar-refractivity contribution in [1.29, 1.82) is 0 Å². The molecule has 2 heterocycles. The minimum atomic E-state index is -0.294. The molecule has 4 rings (SSSR count). The van der Waals surface area contributed by atoms with Crippen LogP contribution in [0.4, 0.5) is 6.01 Å². The molecule has 0 bridgehead atoms. The summed E-state index contributed by atoms with van der Waals surface area (Å²) >= 11 is 1.62. The van der Waals surface area contributed by atoms with E-state index in [0.717, 1.165) is 16.2 Å². The number of hydrogen-bond acceptors (Lipinski definition) is 7. The van der Waals surface area contributed by atoms with Gasteiger partial charge >= 0.3 is 6.01 Å². The van der Waals surface area contributed by atoms with Gasteiger partial charge in [0, 0.05) is 10.5 Å². The Balaban J connectivity index is 1.41. The summed E-state index contributed by atoms with van der Waals surface area (Å²) in [5.41, 5.74) is 1.48. The lowest BCUT2D eigenvalue weighted by molar-refractivity contribution is 0.102. The molecule has 0 spiro atoms. The fourth-order valence-corrected chi connectivity index (χ4v) is 3.07. The van der Waals surface area contributed by atoms with Crippen molar-refractivity contribution in [1.82, 2.24) is 10.2 Å². The van der Waals surface area contributed by atoms with Gasteiger partial charge in [-0.05, 0) is 48.2 Å². The van der Waals surface area contributed by atoms with E-state index in [1.807, 2.05) is 36.6 Å². The number of nitrogens with zero attached hydrogens (tertiary/aromatic N) is 2. The second-order valence-corrected chi connectivity index (χ2v) is 6.72. The Morgan fingerprint density at radius 3 is 2.63 bits per heavy atom. The molecule has 0 fully saturated rings. The minimum absolute atomic E-state index is 0.0708. The largest absolute Gasteiger partial charge is 0.486 e. The van der Waals surface area contributed by atoms with Gasteiger partial charge in [0.1, 0.15) is 13.2 Å². The number of amides is 1. The molecule has 0 saturated heterocycles. The summed E-state index contributed by atoms with van der Waals surface area (Å²) < 4.78 is 16.6. The Bertz CT molecular complexity index is 956. The van der Waals surface area contributed by atoms with Crippen LogP contribution in [-0.2, 0) is 6.42 Å². The number of anilines is 1. The number of fused-ring (bicyclic) bond motifs is 1. The predicted octanol–water partition coefficient (Wildman–Crippen LogP) is 3.41. The third-order valence-corrected chi connectivity index (χ3v) is 4.75. The highest BCUT2D eigenvalue weighted by atomic mass is 32.2. The first-order chi connectivity index (χ1) is 13.2. The molecular formula is C19H17N3O4S. The zero-order valence-electron chi connectivity index (χ0n) is 14.6. The average molecular weight is 383 g/mol. The second kappa shape index (κ2) is 7.71. The maximum Gasteiger partial charge on any atom is 0.322 e. The molecule has 2 aromatic carbocycles. The molecule has 0 atom stereocenters. The van der Waals surface area contributed by atoms with Crippen LogP contribution in [0, 0.1) is 0 Å². The topological polar surface area (TPSA) is 86.5 Å². The van der Waals surface area contributed by atoms with Gasteiger partial charge in [0.25, 0.3) is 5.91 Å². The molecule has 1 aliphatic rings. The smallest absolute Gasteiger partial charge is 0.322 e. The SMILES string of the molecule is CSc1ccc(C(=O)Nc2nnc(Cc3ccc4c(c3)OCCO4)o2)cc1. The van der Waals surface area contributed by atoms with Crippen molar-refractivity contribution in [2.75, 3.05) is 24.8 Å². The fourth-order valence-electron chi connectivity index (χ4n) is 2.66. The van der Waals surface area contributed by atoms with Gasteiger partial charge in [-0.25, -0.2) is 0 Å². The van der Waals surface area contributed by atoms with E-state index in [9.17, 15) is 4.79 Å². The highest BCUT2D eigenvalue weighted by Gasteiger charge is 2.15. The second-order valence-electron chi connectivity index (χ2n) is 5.84. The number of rotatable bonds is 5. The number of thioether (sulfide) groups is 1. The van der Waals surface area contributed by atoms with Crippen molar-refractivity contribution in [3.8, 4) is 11.5 Å². The van der Waals surface area contributed by atoms with Crippen LogP contribution in [0.25, 0.3) is 0 Å². The zero-order chi connectivity index (χ0) is 18.6. The summed E-state index contributed by atoms with van der Waals surface area (Å²) in [6.07, 6.45) is 2.42. The molecule has 0 unspecified atom stereocenters. The number of aromatic nitrogens is 2. The third-order valence-electron chi connectivity index (χ3n) is 4.00. The minimum Gasteiger partial charge on any atom is -0.486 e. The number of ether oxygens (including phenoxy) is 2. The Hall–Kier alpha value is -3.00. The molecule has 1 aliphatic heterocycles. The van der Waals surface area contributed by atoms with Gasteiger partial charge in [0.15, 0.2) is 11.5 Å². The summed E-state index contributed by atoms with van der Waals surface area (Å²) in [6, 6.07) is 13.0. The number of benzene rings is 2. The highest BCUT2D eigenvalue weighted by Crippen LogP contribution is 2.31. The van der Waals surface area contributed by atoms with E-state index >= 15 is 0 Å². The van der Waals surface area contributed by atoms with Gasteiger partial charge in [-0.2, -0.15) is 0 Å². The van der Waals surface area contributed by atoms with Crippen molar-refractivity contribution in [2.45, 2.75) is 11.3 Å².